The van der Waals surface area contributed by atoms with Gasteiger partial charge < -0.3 is 14.7 Å². The third-order valence-electron chi connectivity index (χ3n) is 4.62. The van der Waals surface area contributed by atoms with Gasteiger partial charge in [-0.3, -0.25) is 14.6 Å². The summed E-state index contributed by atoms with van der Waals surface area (Å²) in [6, 6.07) is 5.32. The van der Waals surface area contributed by atoms with Gasteiger partial charge in [-0.25, -0.2) is 0 Å². The molecule has 2 amide bonds. The van der Waals surface area contributed by atoms with Crippen molar-refractivity contribution in [1.82, 2.24) is 25.3 Å². The maximum absolute atomic E-state index is 12.4. The molecule has 2 aromatic rings. The van der Waals surface area contributed by atoms with Crippen molar-refractivity contribution in [2.24, 2.45) is 0 Å². The molecule has 27 heavy (non-hydrogen) atoms. The van der Waals surface area contributed by atoms with Gasteiger partial charge in [-0.15, -0.1) is 0 Å². The third kappa shape index (κ3) is 5.35. The topological polar surface area (TPSA) is 101 Å². The molecule has 1 aliphatic heterocycles. The molecule has 0 aliphatic carbocycles. The second-order valence-corrected chi connectivity index (χ2v) is 6.70. The molecule has 0 radical (unpaired) electrons. The summed E-state index contributed by atoms with van der Waals surface area (Å²) in [6.45, 7) is 3.33. The molecule has 3 heterocycles. The van der Waals surface area contributed by atoms with Crippen molar-refractivity contribution in [1.29, 1.82) is 0 Å². The summed E-state index contributed by atoms with van der Waals surface area (Å²) < 4.78 is 5.17. The van der Waals surface area contributed by atoms with Crippen molar-refractivity contribution in [2.45, 2.75) is 51.5 Å². The minimum atomic E-state index is -0.167. The first-order valence-electron chi connectivity index (χ1n) is 9.47. The van der Waals surface area contributed by atoms with Crippen LogP contribution >= 0.6 is 0 Å². The Morgan fingerprint density at radius 2 is 2.07 bits per heavy atom. The highest BCUT2D eigenvalue weighted by Gasteiger charge is 2.24. The quantitative estimate of drug-likeness (QED) is 0.796. The maximum atomic E-state index is 12.4. The summed E-state index contributed by atoms with van der Waals surface area (Å²) in [7, 11) is 0. The fraction of sp³-hybridized carbons (Fsp3) is 0.526. The molecule has 1 saturated heterocycles. The highest BCUT2D eigenvalue weighted by atomic mass is 16.5. The number of likely N-dealkylation sites (tertiary alicyclic amines) is 1. The van der Waals surface area contributed by atoms with E-state index in [1.807, 2.05) is 4.90 Å². The molecule has 1 N–H and O–H groups in total. The average molecular weight is 371 g/mol. The Bertz CT molecular complexity index is 754. The molecule has 0 bridgehead atoms. The number of hydrogen-bond donors (Lipinski definition) is 1. The molecule has 0 saturated carbocycles. The van der Waals surface area contributed by atoms with Crippen molar-refractivity contribution < 1.29 is 14.1 Å². The highest BCUT2D eigenvalue weighted by Crippen LogP contribution is 2.13. The standard InChI is InChI=1S/C19H25N5O3/c1-2-5-16-22-17(27-23-16)7-8-18(25)24-12-9-14(10-13-24)21-19(26)15-6-3-4-11-20-15/h3-4,6,11,14H,2,5,7-10,12-13H2,1H3,(H,21,26). The molecule has 3 rings (SSSR count). The van der Waals surface area contributed by atoms with Crippen molar-refractivity contribution >= 4 is 11.8 Å². The normalized spacial score (nSPS) is 14.9. The summed E-state index contributed by atoms with van der Waals surface area (Å²) in [4.78, 5) is 34.7. The molecule has 0 aromatic carbocycles. The summed E-state index contributed by atoms with van der Waals surface area (Å²) >= 11 is 0. The number of pyridine rings is 1. The first-order chi connectivity index (χ1) is 13.2. The van der Waals surface area contributed by atoms with Crippen LogP contribution in [0.4, 0.5) is 0 Å². The van der Waals surface area contributed by atoms with Crippen LogP contribution in [0, 0.1) is 0 Å². The van der Waals surface area contributed by atoms with Crippen molar-refractivity contribution in [3.8, 4) is 0 Å². The van der Waals surface area contributed by atoms with Gasteiger partial charge in [-0.2, -0.15) is 4.98 Å². The lowest BCUT2D eigenvalue weighted by Gasteiger charge is -2.32. The van der Waals surface area contributed by atoms with Gasteiger partial charge in [-0.05, 0) is 31.4 Å². The van der Waals surface area contributed by atoms with Crippen LogP contribution < -0.4 is 5.32 Å². The second-order valence-electron chi connectivity index (χ2n) is 6.70. The summed E-state index contributed by atoms with van der Waals surface area (Å²) in [5, 5.41) is 6.90. The van der Waals surface area contributed by atoms with E-state index in [1.165, 1.54) is 0 Å². The van der Waals surface area contributed by atoms with E-state index in [1.54, 1.807) is 24.4 Å². The Morgan fingerprint density at radius 3 is 2.78 bits per heavy atom. The molecule has 1 fully saturated rings. The number of nitrogens with zero attached hydrogens (tertiary/aromatic N) is 4. The maximum Gasteiger partial charge on any atom is 0.270 e. The Morgan fingerprint density at radius 1 is 1.26 bits per heavy atom. The first kappa shape index (κ1) is 19.0. The lowest BCUT2D eigenvalue weighted by atomic mass is 10.0. The van der Waals surface area contributed by atoms with Gasteiger partial charge in [0.25, 0.3) is 5.91 Å². The summed E-state index contributed by atoms with van der Waals surface area (Å²) in [6.07, 6.45) is 5.66. The SMILES string of the molecule is CCCc1noc(CCC(=O)N2CCC(NC(=O)c3ccccn3)CC2)n1. The lowest BCUT2D eigenvalue weighted by Crippen LogP contribution is -2.46. The molecule has 0 atom stereocenters. The van der Waals surface area contributed by atoms with E-state index in [9.17, 15) is 9.59 Å². The van der Waals surface area contributed by atoms with Gasteiger partial charge in [0.1, 0.15) is 5.69 Å². The fourth-order valence-electron chi connectivity index (χ4n) is 3.12. The number of aryl methyl sites for hydroxylation is 2. The average Bonchev–Trinajstić information content (AvgIpc) is 3.15. The Hall–Kier alpha value is -2.77. The molecule has 2 aromatic heterocycles. The zero-order chi connectivity index (χ0) is 19.1. The smallest absolute Gasteiger partial charge is 0.270 e. The van der Waals surface area contributed by atoms with Gasteiger partial charge >= 0.3 is 0 Å². The van der Waals surface area contributed by atoms with Gasteiger partial charge in [0.05, 0.1) is 0 Å². The Kier molecular flexibility index (Phi) is 6.51. The first-order valence-corrected chi connectivity index (χ1v) is 9.47. The van der Waals surface area contributed by atoms with Gasteiger partial charge in [0.15, 0.2) is 5.82 Å². The Balaban J connectivity index is 1.40. The molecule has 144 valence electrons. The summed E-state index contributed by atoms with van der Waals surface area (Å²) in [5.74, 6) is 1.13. The number of rotatable bonds is 7. The number of nitrogens with one attached hydrogen (secondary N) is 1. The van der Waals surface area contributed by atoms with E-state index < -0.39 is 0 Å². The van der Waals surface area contributed by atoms with Crippen molar-refractivity contribution in [3.63, 3.8) is 0 Å². The number of amides is 2. The predicted octanol–water partition coefficient (Wildman–Crippen LogP) is 1.77. The zero-order valence-corrected chi connectivity index (χ0v) is 15.6. The minimum Gasteiger partial charge on any atom is -0.348 e. The largest absolute Gasteiger partial charge is 0.348 e. The number of carbonyl (C=O) groups is 2. The van der Waals surface area contributed by atoms with E-state index in [0.717, 1.165) is 25.7 Å². The van der Waals surface area contributed by atoms with E-state index in [-0.39, 0.29) is 17.9 Å². The third-order valence-corrected chi connectivity index (χ3v) is 4.62. The zero-order valence-electron chi connectivity index (χ0n) is 15.6. The van der Waals surface area contributed by atoms with Gasteiger partial charge in [-0.1, -0.05) is 18.1 Å². The van der Waals surface area contributed by atoms with Crippen molar-refractivity contribution in [2.75, 3.05) is 13.1 Å². The molecular formula is C19H25N5O3. The van der Waals surface area contributed by atoms with Gasteiger partial charge in [0, 0.05) is 44.6 Å². The summed E-state index contributed by atoms with van der Waals surface area (Å²) in [5.41, 5.74) is 0.415. The number of piperidine rings is 1. The molecule has 0 spiro atoms. The van der Waals surface area contributed by atoms with Crippen LogP contribution in [0.5, 0.6) is 0 Å². The lowest BCUT2D eigenvalue weighted by molar-refractivity contribution is -0.132. The molecule has 8 heteroatoms. The number of carbonyl (C=O) groups excluding carboxylic acids is 2. The molecular weight excluding hydrogens is 346 g/mol. The molecule has 0 unspecified atom stereocenters. The van der Waals surface area contributed by atoms with Crippen LogP contribution in [0.1, 0.15) is 54.8 Å². The van der Waals surface area contributed by atoms with Crippen molar-refractivity contribution in [3.05, 3.63) is 41.8 Å². The number of aromatic nitrogens is 3. The minimum absolute atomic E-state index is 0.0658. The van der Waals surface area contributed by atoms with Crippen LogP contribution in [-0.4, -0.2) is 51.0 Å². The monoisotopic (exact) mass is 371 g/mol. The van der Waals surface area contributed by atoms with Crippen LogP contribution in [0.2, 0.25) is 0 Å². The predicted molar refractivity (Wildman–Crippen MR) is 97.9 cm³/mol. The Labute approximate surface area is 158 Å². The second kappa shape index (κ2) is 9.25. The highest BCUT2D eigenvalue weighted by molar-refractivity contribution is 5.92. The van der Waals surface area contributed by atoms with E-state index >= 15 is 0 Å². The van der Waals surface area contributed by atoms with Crippen LogP contribution in [0.3, 0.4) is 0 Å². The molecule has 1 aliphatic rings. The molecule has 8 nitrogen and oxygen atoms in total. The van der Waals surface area contributed by atoms with Crippen LogP contribution in [0.25, 0.3) is 0 Å². The number of hydrogen-bond acceptors (Lipinski definition) is 6. The van der Waals surface area contributed by atoms with Gasteiger partial charge in [0.2, 0.25) is 11.8 Å². The van der Waals surface area contributed by atoms with E-state index in [0.29, 0.717) is 43.3 Å². The van der Waals surface area contributed by atoms with E-state index in [2.05, 4.69) is 27.4 Å². The van der Waals surface area contributed by atoms with Crippen LogP contribution in [-0.2, 0) is 17.6 Å². The fourth-order valence-corrected chi connectivity index (χ4v) is 3.12. The van der Waals surface area contributed by atoms with Crippen LogP contribution in [0.15, 0.2) is 28.9 Å². The van der Waals surface area contributed by atoms with E-state index in [4.69, 9.17) is 4.52 Å².